The molecule has 0 amide bonds. The van der Waals surface area contributed by atoms with Gasteiger partial charge in [-0.25, -0.2) is 17.6 Å². The van der Waals surface area contributed by atoms with Gasteiger partial charge in [0.25, 0.3) is 0 Å². The maximum Gasteiger partial charge on any atom is 0.129 e. The van der Waals surface area contributed by atoms with E-state index >= 15 is 0 Å². The third-order valence-corrected chi connectivity index (χ3v) is 6.67. The number of rotatable bonds is 4. The highest BCUT2D eigenvalue weighted by atomic mass is 19.1. The lowest BCUT2D eigenvalue weighted by Gasteiger charge is -2.47. The first-order valence-electron chi connectivity index (χ1n) is 10.0. The first kappa shape index (κ1) is 19.2. The highest BCUT2D eigenvalue weighted by molar-refractivity contribution is 5.38. The van der Waals surface area contributed by atoms with Crippen LogP contribution >= 0.6 is 0 Å². The maximum atomic E-state index is 14.3. The van der Waals surface area contributed by atoms with Gasteiger partial charge >= 0.3 is 0 Å². The molecular weight excluding hydrogens is 364 g/mol. The highest BCUT2D eigenvalue weighted by Crippen LogP contribution is 2.55. The van der Waals surface area contributed by atoms with Crippen LogP contribution in [0.5, 0.6) is 0 Å². The smallest absolute Gasteiger partial charge is 0.129 e. The van der Waals surface area contributed by atoms with Crippen LogP contribution in [0.2, 0.25) is 0 Å². The Labute approximate surface area is 163 Å². The van der Waals surface area contributed by atoms with Gasteiger partial charge in [0.05, 0.1) is 0 Å². The van der Waals surface area contributed by atoms with Crippen molar-refractivity contribution in [3.8, 4) is 0 Å². The van der Waals surface area contributed by atoms with Gasteiger partial charge in [-0.1, -0.05) is 6.08 Å². The molecule has 0 aromatic heterocycles. The van der Waals surface area contributed by atoms with E-state index in [0.29, 0.717) is 17.5 Å². The molecule has 4 heteroatoms. The van der Waals surface area contributed by atoms with Gasteiger partial charge in [0, 0.05) is 12.1 Å². The lowest BCUT2D eigenvalue weighted by Crippen LogP contribution is -2.35. The second-order valence-electron chi connectivity index (χ2n) is 8.20. The molecule has 0 aliphatic heterocycles. The molecule has 4 rings (SSSR count). The first-order valence-corrected chi connectivity index (χ1v) is 10.0. The number of benzene rings is 2. The van der Waals surface area contributed by atoms with Gasteiger partial charge in [-0.15, -0.1) is 6.58 Å². The molecule has 0 heterocycles. The van der Waals surface area contributed by atoms with Crippen molar-refractivity contribution in [1.29, 1.82) is 0 Å². The molecule has 0 nitrogen and oxygen atoms in total. The first-order chi connectivity index (χ1) is 13.5. The Morgan fingerprint density at radius 1 is 0.893 bits per heavy atom. The Morgan fingerprint density at radius 3 is 2.32 bits per heavy atom. The fourth-order valence-electron chi connectivity index (χ4n) is 5.63. The highest BCUT2D eigenvalue weighted by Gasteiger charge is 2.43. The minimum atomic E-state index is -0.576. The summed E-state index contributed by atoms with van der Waals surface area (Å²) in [6.45, 7) is 3.80. The molecule has 2 aliphatic rings. The predicted molar refractivity (Wildman–Crippen MR) is 102 cm³/mol. The van der Waals surface area contributed by atoms with E-state index in [-0.39, 0.29) is 23.7 Å². The van der Waals surface area contributed by atoms with Gasteiger partial charge in [0.2, 0.25) is 0 Å². The standard InChI is InChI=1S/C24H24F4/c1-2-3-4-14-5-6-19-21(24(14)15-9-16(25)11-17(26)10-15)8-7-20-22(19)12-18(27)13-23(20)28/h2,9-14,19,21,24H,1,3-8H2/t14-,19-,21+,24-/m1/s1. The van der Waals surface area contributed by atoms with Crippen LogP contribution in [0.25, 0.3) is 0 Å². The van der Waals surface area contributed by atoms with Crippen molar-refractivity contribution in [2.45, 2.75) is 50.4 Å². The third-order valence-electron chi connectivity index (χ3n) is 6.67. The zero-order chi connectivity index (χ0) is 19.8. The van der Waals surface area contributed by atoms with Crippen LogP contribution in [0.3, 0.4) is 0 Å². The summed E-state index contributed by atoms with van der Waals surface area (Å²) >= 11 is 0. The molecule has 0 N–H and O–H groups in total. The summed E-state index contributed by atoms with van der Waals surface area (Å²) in [5, 5.41) is 0. The lowest BCUT2D eigenvalue weighted by atomic mass is 9.57. The van der Waals surface area contributed by atoms with Gasteiger partial charge in [-0.3, -0.25) is 0 Å². The van der Waals surface area contributed by atoms with Gasteiger partial charge < -0.3 is 0 Å². The van der Waals surface area contributed by atoms with Crippen molar-refractivity contribution in [2.75, 3.05) is 0 Å². The van der Waals surface area contributed by atoms with E-state index in [1.807, 2.05) is 6.08 Å². The molecule has 0 radical (unpaired) electrons. The molecule has 0 saturated heterocycles. The van der Waals surface area contributed by atoms with E-state index in [0.717, 1.165) is 49.8 Å². The van der Waals surface area contributed by atoms with Crippen LogP contribution in [0.15, 0.2) is 43.0 Å². The Hall–Kier alpha value is -2.10. The van der Waals surface area contributed by atoms with Crippen molar-refractivity contribution in [3.63, 3.8) is 0 Å². The SMILES string of the molecule is C=CCC[C@@H]1CC[C@H]2c3cc(F)cc(F)c3CC[C@@H]2[C@H]1c1cc(F)cc(F)c1. The zero-order valence-electron chi connectivity index (χ0n) is 15.7. The molecule has 1 saturated carbocycles. The molecule has 2 aromatic rings. The summed E-state index contributed by atoms with van der Waals surface area (Å²) in [6, 6.07) is 6.16. The van der Waals surface area contributed by atoms with Crippen LogP contribution in [0.1, 0.15) is 60.6 Å². The second kappa shape index (κ2) is 7.73. The molecule has 1 fully saturated rings. The molecule has 28 heavy (non-hydrogen) atoms. The zero-order valence-corrected chi connectivity index (χ0v) is 15.7. The summed E-state index contributed by atoms with van der Waals surface area (Å²) in [5.41, 5.74) is 2.02. The van der Waals surface area contributed by atoms with Crippen molar-refractivity contribution in [2.24, 2.45) is 11.8 Å². The predicted octanol–water partition coefficient (Wildman–Crippen LogP) is 7.05. The van der Waals surface area contributed by atoms with Gasteiger partial charge in [0.15, 0.2) is 0 Å². The summed E-state index contributed by atoms with van der Waals surface area (Å²) in [7, 11) is 0. The maximum absolute atomic E-state index is 14.3. The monoisotopic (exact) mass is 388 g/mol. The van der Waals surface area contributed by atoms with Gasteiger partial charge in [0.1, 0.15) is 23.3 Å². The van der Waals surface area contributed by atoms with Crippen molar-refractivity contribution in [1.82, 2.24) is 0 Å². The lowest BCUT2D eigenvalue weighted by molar-refractivity contribution is 0.160. The fraction of sp³-hybridized carbons (Fsp3) is 0.417. The summed E-state index contributed by atoms with van der Waals surface area (Å²) in [5.74, 6) is -1.79. The molecule has 2 aromatic carbocycles. The van der Waals surface area contributed by atoms with Crippen molar-refractivity contribution >= 4 is 0 Å². The molecule has 4 atom stereocenters. The van der Waals surface area contributed by atoms with Crippen molar-refractivity contribution < 1.29 is 17.6 Å². The third kappa shape index (κ3) is 3.49. The van der Waals surface area contributed by atoms with Gasteiger partial charge in [-0.05, 0) is 97.1 Å². The molecule has 148 valence electrons. The Morgan fingerprint density at radius 2 is 1.61 bits per heavy atom. The second-order valence-corrected chi connectivity index (χ2v) is 8.20. The summed E-state index contributed by atoms with van der Waals surface area (Å²) in [4.78, 5) is 0. The van der Waals surface area contributed by atoms with Crippen LogP contribution in [-0.4, -0.2) is 0 Å². The summed E-state index contributed by atoms with van der Waals surface area (Å²) < 4.78 is 56.2. The number of hydrogen-bond donors (Lipinski definition) is 0. The van der Waals surface area contributed by atoms with E-state index in [1.165, 1.54) is 18.2 Å². The Bertz CT molecular complexity index is 868. The molecule has 0 unspecified atom stereocenters. The molecular formula is C24H24F4. The molecule has 2 aliphatic carbocycles. The Kier molecular flexibility index (Phi) is 5.31. The van der Waals surface area contributed by atoms with Crippen LogP contribution in [0.4, 0.5) is 17.6 Å². The van der Waals surface area contributed by atoms with Crippen molar-refractivity contribution in [3.05, 3.63) is 82.9 Å². The Balaban J connectivity index is 1.77. The average Bonchev–Trinajstić information content (AvgIpc) is 2.64. The minimum absolute atomic E-state index is 0.0188. The van der Waals surface area contributed by atoms with Crippen LogP contribution < -0.4 is 0 Å². The molecule has 0 bridgehead atoms. The number of fused-ring (bicyclic) bond motifs is 3. The fourth-order valence-corrected chi connectivity index (χ4v) is 5.63. The van der Waals surface area contributed by atoms with E-state index in [9.17, 15) is 17.6 Å². The number of hydrogen-bond acceptors (Lipinski definition) is 0. The quantitative estimate of drug-likeness (QED) is 0.389. The normalized spacial score (nSPS) is 26.4. The van der Waals surface area contributed by atoms with E-state index in [1.54, 1.807) is 0 Å². The number of halogens is 4. The molecule has 0 spiro atoms. The topological polar surface area (TPSA) is 0 Å². The van der Waals surface area contributed by atoms with E-state index < -0.39 is 23.3 Å². The van der Waals surface area contributed by atoms with Crippen LogP contribution in [0, 0.1) is 35.1 Å². The largest absolute Gasteiger partial charge is 0.207 e. The minimum Gasteiger partial charge on any atom is -0.207 e. The average molecular weight is 388 g/mol. The number of allylic oxidation sites excluding steroid dienone is 1. The van der Waals surface area contributed by atoms with Gasteiger partial charge in [-0.2, -0.15) is 0 Å². The van der Waals surface area contributed by atoms with E-state index in [2.05, 4.69) is 6.58 Å². The van der Waals surface area contributed by atoms with E-state index in [4.69, 9.17) is 0 Å². The summed E-state index contributed by atoms with van der Waals surface area (Å²) in [6.07, 6.45) is 6.61. The van der Waals surface area contributed by atoms with Crippen LogP contribution in [-0.2, 0) is 6.42 Å².